The second-order valence-electron chi connectivity index (χ2n) is 4.55. The Balaban J connectivity index is 1.74. The molecule has 1 fully saturated rings. The molecule has 0 amide bonds. The van der Waals surface area contributed by atoms with Gasteiger partial charge in [0.05, 0.1) is 0 Å². The summed E-state index contributed by atoms with van der Waals surface area (Å²) in [6, 6.07) is 9.04. The van der Waals surface area contributed by atoms with Gasteiger partial charge >= 0.3 is 0 Å². The summed E-state index contributed by atoms with van der Waals surface area (Å²) in [6.45, 7) is 0. The number of nitrogens with one attached hydrogen (secondary N) is 1. The molecule has 0 radical (unpaired) electrons. The highest BCUT2D eigenvalue weighted by Gasteiger charge is 2.14. The SMILES string of the molecule is Cn1cnnc1-c1ccc(NC2CCSC2)cc1. The molecule has 1 unspecified atom stereocenters. The van der Waals surface area contributed by atoms with Crippen molar-refractivity contribution in [3.05, 3.63) is 30.6 Å². The third-order valence-electron chi connectivity index (χ3n) is 3.15. The highest BCUT2D eigenvalue weighted by molar-refractivity contribution is 7.99. The highest BCUT2D eigenvalue weighted by Crippen LogP contribution is 2.23. The summed E-state index contributed by atoms with van der Waals surface area (Å²) in [6.07, 6.45) is 2.98. The molecule has 94 valence electrons. The first kappa shape index (κ1) is 11.6. The van der Waals surface area contributed by atoms with Crippen LogP contribution < -0.4 is 5.32 Å². The van der Waals surface area contributed by atoms with Gasteiger partial charge in [-0.15, -0.1) is 10.2 Å². The zero-order valence-electron chi connectivity index (χ0n) is 10.3. The Hall–Kier alpha value is -1.49. The maximum absolute atomic E-state index is 4.11. The predicted molar refractivity (Wildman–Crippen MR) is 75.8 cm³/mol. The minimum Gasteiger partial charge on any atom is -0.381 e. The summed E-state index contributed by atoms with van der Waals surface area (Å²) in [4.78, 5) is 0. The fraction of sp³-hybridized carbons (Fsp3) is 0.385. The Kier molecular flexibility index (Phi) is 3.23. The van der Waals surface area contributed by atoms with Crippen LogP contribution in [0.15, 0.2) is 30.6 Å². The molecule has 1 N–H and O–H groups in total. The first-order valence-corrected chi connectivity index (χ1v) is 7.27. The molecule has 18 heavy (non-hydrogen) atoms. The summed E-state index contributed by atoms with van der Waals surface area (Å²) in [5.41, 5.74) is 2.29. The lowest BCUT2D eigenvalue weighted by Gasteiger charge is -2.13. The summed E-state index contributed by atoms with van der Waals surface area (Å²) >= 11 is 2.02. The minimum atomic E-state index is 0.621. The molecule has 2 aromatic rings. The summed E-state index contributed by atoms with van der Waals surface area (Å²) < 4.78 is 1.93. The van der Waals surface area contributed by atoms with Crippen LogP contribution >= 0.6 is 11.8 Å². The standard InChI is InChI=1S/C13H16N4S/c1-17-9-14-16-13(17)10-2-4-11(5-3-10)15-12-6-7-18-8-12/h2-5,9,12,15H,6-8H2,1H3. The number of rotatable bonds is 3. The first-order valence-electron chi connectivity index (χ1n) is 6.11. The largest absolute Gasteiger partial charge is 0.381 e. The van der Waals surface area contributed by atoms with Crippen molar-refractivity contribution in [1.29, 1.82) is 0 Å². The maximum atomic E-state index is 4.11. The number of nitrogens with zero attached hydrogens (tertiary/aromatic N) is 3. The van der Waals surface area contributed by atoms with Gasteiger partial charge in [0.25, 0.3) is 0 Å². The Labute approximate surface area is 111 Å². The van der Waals surface area contributed by atoms with E-state index < -0.39 is 0 Å². The Bertz CT molecular complexity index is 514. The molecule has 1 aromatic carbocycles. The van der Waals surface area contributed by atoms with Crippen LogP contribution in [-0.2, 0) is 7.05 Å². The molecule has 1 saturated heterocycles. The molecule has 1 aliphatic heterocycles. The molecule has 2 heterocycles. The van der Waals surface area contributed by atoms with Crippen molar-refractivity contribution in [3.8, 4) is 11.4 Å². The van der Waals surface area contributed by atoms with Crippen molar-refractivity contribution >= 4 is 17.4 Å². The highest BCUT2D eigenvalue weighted by atomic mass is 32.2. The molecule has 1 atom stereocenters. The van der Waals surface area contributed by atoms with E-state index in [1.807, 2.05) is 23.4 Å². The lowest BCUT2D eigenvalue weighted by molar-refractivity contribution is 0.813. The number of hydrogen-bond donors (Lipinski definition) is 1. The van der Waals surface area contributed by atoms with Crippen LogP contribution in [0.5, 0.6) is 0 Å². The van der Waals surface area contributed by atoms with Crippen molar-refractivity contribution < 1.29 is 0 Å². The minimum absolute atomic E-state index is 0.621. The van der Waals surface area contributed by atoms with Crippen LogP contribution in [0.1, 0.15) is 6.42 Å². The molecule has 0 spiro atoms. The number of hydrogen-bond acceptors (Lipinski definition) is 4. The van der Waals surface area contributed by atoms with Crippen molar-refractivity contribution in [2.24, 2.45) is 7.05 Å². The second kappa shape index (κ2) is 5.02. The van der Waals surface area contributed by atoms with Gasteiger partial charge in [-0.05, 0) is 36.4 Å². The molecule has 0 aliphatic carbocycles. The zero-order chi connectivity index (χ0) is 12.4. The van der Waals surface area contributed by atoms with E-state index in [1.54, 1.807) is 6.33 Å². The number of aryl methyl sites for hydroxylation is 1. The van der Waals surface area contributed by atoms with Crippen molar-refractivity contribution in [2.75, 3.05) is 16.8 Å². The number of benzene rings is 1. The van der Waals surface area contributed by atoms with Gasteiger partial charge in [-0.2, -0.15) is 11.8 Å². The van der Waals surface area contributed by atoms with Gasteiger partial charge in [0, 0.05) is 30.1 Å². The van der Waals surface area contributed by atoms with Crippen LogP contribution in [0.2, 0.25) is 0 Å². The molecule has 5 heteroatoms. The van der Waals surface area contributed by atoms with E-state index in [0.29, 0.717) is 6.04 Å². The van der Waals surface area contributed by atoms with Crippen molar-refractivity contribution in [3.63, 3.8) is 0 Å². The van der Waals surface area contributed by atoms with Gasteiger partial charge in [0.15, 0.2) is 5.82 Å². The quantitative estimate of drug-likeness (QED) is 0.920. The van der Waals surface area contributed by atoms with E-state index >= 15 is 0 Å². The van der Waals surface area contributed by atoms with E-state index in [0.717, 1.165) is 11.4 Å². The lowest BCUT2D eigenvalue weighted by atomic mass is 10.1. The lowest BCUT2D eigenvalue weighted by Crippen LogP contribution is -2.17. The predicted octanol–water partition coefficient (Wildman–Crippen LogP) is 2.40. The third kappa shape index (κ3) is 2.36. The molecule has 1 aromatic heterocycles. The topological polar surface area (TPSA) is 42.7 Å². The van der Waals surface area contributed by atoms with Crippen LogP contribution in [0.3, 0.4) is 0 Å². The van der Waals surface area contributed by atoms with Crippen molar-refractivity contribution in [1.82, 2.24) is 14.8 Å². The zero-order valence-corrected chi connectivity index (χ0v) is 11.2. The molecule has 0 saturated carbocycles. The average molecular weight is 260 g/mol. The average Bonchev–Trinajstić information content (AvgIpc) is 3.02. The van der Waals surface area contributed by atoms with Crippen LogP contribution in [0.25, 0.3) is 11.4 Å². The normalized spacial score (nSPS) is 19.1. The van der Waals surface area contributed by atoms with Crippen molar-refractivity contribution in [2.45, 2.75) is 12.5 Å². The Morgan fingerprint density at radius 3 is 2.78 bits per heavy atom. The van der Waals surface area contributed by atoms with Crippen LogP contribution in [0, 0.1) is 0 Å². The maximum Gasteiger partial charge on any atom is 0.163 e. The second-order valence-corrected chi connectivity index (χ2v) is 5.70. The molecule has 4 nitrogen and oxygen atoms in total. The summed E-state index contributed by atoms with van der Waals surface area (Å²) in [5, 5.41) is 11.6. The number of thioether (sulfide) groups is 1. The molecular formula is C13H16N4S. The van der Waals surface area contributed by atoms with Crippen LogP contribution in [0.4, 0.5) is 5.69 Å². The first-order chi connectivity index (χ1) is 8.83. The Morgan fingerprint density at radius 1 is 1.33 bits per heavy atom. The van der Waals surface area contributed by atoms with Gasteiger partial charge < -0.3 is 9.88 Å². The monoisotopic (exact) mass is 260 g/mol. The fourth-order valence-electron chi connectivity index (χ4n) is 2.14. The fourth-order valence-corrected chi connectivity index (χ4v) is 3.30. The number of anilines is 1. The molecule has 3 rings (SSSR count). The number of aromatic nitrogens is 3. The summed E-state index contributed by atoms with van der Waals surface area (Å²) in [5.74, 6) is 3.39. The smallest absolute Gasteiger partial charge is 0.163 e. The third-order valence-corrected chi connectivity index (χ3v) is 4.32. The van der Waals surface area contributed by atoms with Gasteiger partial charge in [-0.3, -0.25) is 0 Å². The summed E-state index contributed by atoms with van der Waals surface area (Å²) in [7, 11) is 1.96. The van der Waals surface area contributed by atoms with E-state index in [2.05, 4.69) is 39.8 Å². The Morgan fingerprint density at radius 2 is 2.17 bits per heavy atom. The molecular weight excluding hydrogens is 244 g/mol. The van der Waals surface area contributed by atoms with Gasteiger partial charge in [0.1, 0.15) is 6.33 Å². The molecule has 0 bridgehead atoms. The van der Waals surface area contributed by atoms with E-state index in [9.17, 15) is 0 Å². The molecule has 1 aliphatic rings. The van der Waals surface area contributed by atoms with E-state index in [4.69, 9.17) is 0 Å². The van der Waals surface area contributed by atoms with E-state index in [-0.39, 0.29) is 0 Å². The van der Waals surface area contributed by atoms with Gasteiger partial charge in [-0.25, -0.2) is 0 Å². The van der Waals surface area contributed by atoms with Gasteiger partial charge in [0.2, 0.25) is 0 Å². The van der Waals surface area contributed by atoms with Gasteiger partial charge in [-0.1, -0.05) is 0 Å². The van der Waals surface area contributed by atoms with Crippen LogP contribution in [-0.4, -0.2) is 32.3 Å². The van der Waals surface area contributed by atoms with E-state index in [1.165, 1.54) is 23.6 Å².